The van der Waals surface area contributed by atoms with E-state index in [1.54, 1.807) is 13.2 Å². The summed E-state index contributed by atoms with van der Waals surface area (Å²) in [5.41, 5.74) is 3.98. The number of nitriles is 1. The van der Waals surface area contributed by atoms with Gasteiger partial charge in [-0.1, -0.05) is 25.1 Å². The first-order valence-corrected chi connectivity index (χ1v) is 9.33. The van der Waals surface area contributed by atoms with Gasteiger partial charge >= 0.3 is 5.97 Å². The summed E-state index contributed by atoms with van der Waals surface area (Å²) >= 11 is 0. The molecule has 1 aromatic carbocycles. The Morgan fingerprint density at radius 3 is 2.89 bits per heavy atom. The minimum Gasteiger partial charge on any atom is -0.465 e. The van der Waals surface area contributed by atoms with Gasteiger partial charge in [-0.05, 0) is 61.1 Å². The van der Waals surface area contributed by atoms with Crippen molar-refractivity contribution >= 4 is 28.5 Å². The Bertz CT molecular complexity index is 1110. The number of ether oxygens (including phenoxy) is 1. The minimum atomic E-state index is -0.811. The zero-order chi connectivity index (χ0) is 19.7. The van der Waals surface area contributed by atoms with Gasteiger partial charge in [-0.3, -0.25) is 0 Å². The van der Waals surface area contributed by atoms with Crippen molar-refractivity contribution in [1.82, 2.24) is 4.98 Å². The first kappa shape index (κ1) is 18.0. The molecule has 0 spiro atoms. The molecule has 0 bridgehead atoms. The van der Waals surface area contributed by atoms with Crippen LogP contribution in [0.4, 0.5) is 0 Å². The minimum absolute atomic E-state index is 0.344. The van der Waals surface area contributed by atoms with Crippen LogP contribution in [0.2, 0.25) is 0 Å². The summed E-state index contributed by atoms with van der Waals surface area (Å²) in [6.45, 7) is 3.72. The molecule has 0 N–H and O–H groups in total. The molecular formula is C23H20N2O3. The van der Waals surface area contributed by atoms with Crippen LogP contribution < -0.4 is 0 Å². The van der Waals surface area contributed by atoms with Crippen LogP contribution in [0.25, 0.3) is 22.6 Å². The lowest BCUT2D eigenvalue weighted by Gasteiger charge is -2.26. The summed E-state index contributed by atoms with van der Waals surface area (Å²) < 4.78 is 10.9. The molecule has 5 nitrogen and oxygen atoms in total. The van der Waals surface area contributed by atoms with Crippen molar-refractivity contribution in [3.05, 3.63) is 65.2 Å². The summed E-state index contributed by atoms with van der Waals surface area (Å²) in [6, 6.07) is 13.3. The molecule has 3 aromatic rings. The number of pyridine rings is 1. The maximum absolute atomic E-state index is 13.0. The molecule has 0 saturated carbocycles. The zero-order valence-electron chi connectivity index (χ0n) is 15.8. The fourth-order valence-electron chi connectivity index (χ4n) is 3.76. The van der Waals surface area contributed by atoms with Crippen molar-refractivity contribution in [1.29, 1.82) is 5.26 Å². The van der Waals surface area contributed by atoms with Gasteiger partial charge in [0.1, 0.15) is 11.8 Å². The number of hydrogen-bond donors (Lipinski definition) is 0. The highest BCUT2D eigenvalue weighted by atomic mass is 16.5. The van der Waals surface area contributed by atoms with Crippen molar-refractivity contribution in [2.75, 3.05) is 0 Å². The molecule has 140 valence electrons. The number of furan rings is 1. The first-order valence-electron chi connectivity index (χ1n) is 9.33. The molecule has 0 radical (unpaired) electrons. The third-order valence-electron chi connectivity index (χ3n) is 4.95. The molecule has 5 heteroatoms. The quantitative estimate of drug-likeness (QED) is 0.603. The van der Waals surface area contributed by atoms with Crippen LogP contribution in [-0.2, 0) is 11.2 Å². The van der Waals surface area contributed by atoms with E-state index in [0.717, 1.165) is 46.3 Å². The Kier molecular flexibility index (Phi) is 4.70. The smallest absolute Gasteiger partial charge is 0.340 e. The van der Waals surface area contributed by atoms with Crippen molar-refractivity contribution in [3.8, 4) is 6.07 Å². The predicted molar refractivity (Wildman–Crippen MR) is 106 cm³/mol. The van der Waals surface area contributed by atoms with Crippen molar-refractivity contribution < 1.29 is 13.9 Å². The maximum atomic E-state index is 13.0. The lowest BCUT2D eigenvalue weighted by molar-refractivity contribution is 0.0436. The standard InChI is InChI=1S/C23H20N2O3/c1-14-10-16(12-17-6-5-9-27-17)22-19(11-14)21(23(26)28-15(2)13-24)18-7-3-4-8-20(18)25-22/h3-9,12,14-15H,10-11H2,1-2H3/b16-12-/t14-,15+/m0/s1. The van der Waals surface area contributed by atoms with Gasteiger partial charge < -0.3 is 9.15 Å². The van der Waals surface area contributed by atoms with E-state index in [-0.39, 0.29) is 0 Å². The molecule has 28 heavy (non-hydrogen) atoms. The molecule has 4 rings (SSSR count). The molecule has 0 fully saturated rings. The van der Waals surface area contributed by atoms with E-state index < -0.39 is 12.1 Å². The molecule has 1 aliphatic carbocycles. The number of carbonyl (C=O) groups is 1. The highest BCUT2D eigenvalue weighted by Gasteiger charge is 2.29. The largest absolute Gasteiger partial charge is 0.465 e. The summed E-state index contributed by atoms with van der Waals surface area (Å²) in [7, 11) is 0. The number of aromatic nitrogens is 1. The third kappa shape index (κ3) is 3.29. The molecule has 0 saturated heterocycles. The molecule has 2 atom stereocenters. The highest BCUT2D eigenvalue weighted by molar-refractivity contribution is 6.06. The zero-order valence-corrected chi connectivity index (χ0v) is 15.8. The van der Waals surface area contributed by atoms with Gasteiger partial charge in [-0.15, -0.1) is 0 Å². The fourth-order valence-corrected chi connectivity index (χ4v) is 3.76. The molecule has 0 amide bonds. The van der Waals surface area contributed by atoms with Gasteiger partial charge in [-0.25, -0.2) is 9.78 Å². The Morgan fingerprint density at radius 2 is 2.14 bits per heavy atom. The van der Waals surface area contributed by atoms with E-state index in [9.17, 15) is 4.79 Å². The maximum Gasteiger partial charge on any atom is 0.340 e. The second-order valence-corrected chi connectivity index (χ2v) is 7.21. The number of hydrogen-bond acceptors (Lipinski definition) is 5. The Labute approximate surface area is 163 Å². The monoisotopic (exact) mass is 372 g/mol. The number of fused-ring (bicyclic) bond motifs is 2. The number of benzene rings is 1. The molecular weight excluding hydrogens is 352 g/mol. The number of allylic oxidation sites excluding steroid dienone is 1. The Morgan fingerprint density at radius 1 is 1.32 bits per heavy atom. The van der Waals surface area contributed by atoms with Gasteiger partial charge in [0.25, 0.3) is 0 Å². The number of esters is 1. The van der Waals surface area contributed by atoms with Gasteiger partial charge in [0.2, 0.25) is 0 Å². The van der Waals surface area contributed by atoms with Crippen molar-refractivity contribution in [2.24, 2.45) is 5.92 Å². The summed E-state index contributed by atoms with van der Waals surface area (Å²) in [5, 5.41) is 9.80. The molecule has 1 aliphatic rings. The molecule has 2 aromatic heterocycles. The second kappa shape index (κ2) is 7.32. The fraction of sp³-hybridized carbons (Fsp3) is 0.261. The Hall–Kier alpha value is -3.39. The number of para-hydroxylation sites is 1. The highest BCUT2D eigenvalue weighted by Crippen LogP contribution is 2.38. The average Bonchev–Trinajstić information content (AvgIpc) is 3.19. The lowest BCUT2D eigenvalue weighted by atomic mass is 9.81. The van der Waals surface area contributed by atoms with Crippen LogP contribution in [0.3, 0.4) is 0 Å². The van der Waals surface area contributed by atoms with E-state index >= 15 is 0 Å². The van der Waals surface area contributed by atoms with Crippen LogP contribution in [0, 0.1) is 17.2 Å². The van der Waals surface area contributed by atoms with E-state index in [4.69, 9.17) is 19.4 Å². The van der Waals surface area contributed by atoms with Crippen LogP contribution in [-0.4, -0.2) is 17.1 Å². The summed E-state index contributed by atoms with van der Waals surface area (Å²) in [4.78, 5) is 17.9. The van der Waals surface area contributed by atoms with Crippen molar-refractivity contribution in [2.45, 2.75) is 32.8 Å². The van der Waals surface area contributed by atoms with Crippen LogP contribution in [0.15, 0.2) is 47.1 Å². The number of rotatable bonds is 3. The van der Waals surface area contributed by atoms with Crippen molar-refractivity contribution in [3.63, 3.8) is 0 Å². The summed E-state index contributed by atoms with van der Waals surface area (Å²) in [6.07, 6.45) is 4.40. The molecule has 0 aliphatic heterocycles. The molecule has 0 unspecified atom stereocenters. The van der Waals surface area contributed by atoms with Gasteiger partial charge in [-0.2, -0.15) is 5.26 Å². The van der Waals surface area contributed by atoms with E-state index in [1.807, 2.05) is 48.5 Å². The second-order valence-electron chi connectivity index (χ2n) is 7.21. The molecule has 2 heterocycles. The summed E-state index contributed by atoms with van der Waals surface area (Å²) in [5.74, 6) is 0.624. The number of carbonyl (C=O) groups excluding carboxylic acids is 1. The van der Waals surface area contributed by atoms with E-state index in [1.165, 1.54) is 0 Å². The van der Waals surface area contributed by atoms with Gasteiger partial charge in [0, 0.05) is 5.39 Å². The van der Waals surface area contributed by atoms with Crippen LogP contribution >= 0.6 is 0 Å². The van der Waals surface area contributed by atoms with E-state index in [0.29, 0.717) is 11.5 Å². The SMILES string of the molecule is C[C@H]1C/C(=C/c2ccco2)c2nc3ccccc3c(C(=O)O[C@H](C)C#N)c2C1. The van der Waals surface area contributed by atoms with Crippen LogP contribution in [0.1, 0.15) is 47.6 Å². The normalized spacial score (nSPS) is 18.5. The van der Waals surface area contributed by atoms with Gasteiger partial charge in [0.15, 0.2) is 6.10 Å². The predicted octanol–water partition coefficient (Wildman–Crippen LogP) is 5.02. The first-order chi connectivity index (χ1) is 13.6. The third-order valence-corrected chi connectivity index (χ3v) is 4.95. The van der Waals surface area contributed by atoms with Crippen LogP contribution in [0.5, 0.6) is 0 Å². The topological polar surface area (TPSA) is 76.1 Å². The average molecular weight is 372 g/mol. The lowest BCUT2D eigenvalue weighted by Crippen LogP contribution is -2.21. The van der Waals surface area contributed by atoms with Gasteiger partial charge in [0.05, 0.1) is 23.0 Å². The van der Waals surface area contributed by atoms with E-state index in [2.05, 4.69) is 6.92 Å². The number of nitrogens with zero attached hydrogens (tertiary/aromatic N) is 2. The Balaban J connectivity index is 1.95.